The predicted molar refractivity (Wildman–Crippen MR) is 76.9 cm³/mol. The molecule has 0 bridgehead atoms. The predicted octanol–water partition coefficient (Wildman–Crippen LogP) is 2.42. The molecule has 0 atom stereocenters. The fraction of sp³-hybridized carbons (Fsp3) is 0.308. The van der Waals surface area contributed by atoms with Gasteiger partial charge in [0.25, 0.3) is 5.91 Å². The van der Waals surface area contributed by atoms with Gasteiger partial charge in [-0.1, -0.05) is 0 Å². The van der Waals surface area contributed by atoms with Gasteiger partial charge < -0.3 is 14.8 Å². The maximum atomic E-state index is 12.2. The molecule has 7 heteroatoms. The number of hydrogen-bond acceptors (Lipinski definition) is 6. The molecule has 0 aliphatic carbocycles. The molecule has 1 amide bonds. The lowest BCUT2D eigenvalue weighted by atomic mass is 10.3. The summed E-state index contributed by atoms with van der Waals surface area (Å²) in [6, 6.07) is 3.34. The highest BCUT2D eigenvalue weighted by atomic mass is 32.1. The lowest BCUT2D eigenvalue weighted by Crippen LogP contribution is -2.13. The summed E-state index contributed by atoms with van der Waals surface area (Å²) in [7, 11) is 3.00. The van der Waals surface area contributed by atoms with Crippen molar-refractivity contribution >= 4 is 22.9 Å². The molecule has 106 valence electrons. The molecule has 0 aromatic carbocycles. The third kappa shape index (κ3) is 2.88. The molecule has 2 aromatic heterocycles. The maximum absolute atomic E-state index is 12.2. The summed E-state index contributed by atoms with van der Waals surface area (Å²) in [5, 5.41) is 3.63. The minimum absolute atomic E-state index is 0.224. The van der Waals surface area contributed by atoms with Crippen LogP contribution in [0.5, 0.6) is 11.8 Å². The molecule has 0 saturated carbocycles. The molecule has 2 heterocycles. The largest absolute Gasteiger partial charge is 0.481 e. The minimum Gasteiger partial charge on any atom is -0.481 e. The molecule has 2 rings (SSSR count). The van der Waals surface area contributed by atoms with Crippen LogP contribution in [0.1, 0.15) is 20.4 Å². The van der Waals surface area contributed by atoms with Gasteiger partial charge in [0.1, 0.15) is 10.6 Å². The number of ether oxygens (including phenoxy) is 2. The molecule has 0 spiro atoms. The van der Waals surface area contributed by atoms with Crippen LogP contribution < -0.4 is 14.8 Å². The Labute approximate surface area is 120 Å². The van der Waals surface area contributed by atoms with Crippen molar-refractivity contribution < 1.29 is 14.3 Å². The highest BCUT2D eigenvalue weighted by Crippen LogP contribution is 2.26. The van der Waals surface area contributed by atoms with Crippen molar-refractivity contribution in [2.45, 2.75) is 13.8 Å². The second kappa shape index (κ2) is 5.87. The van der Waals surface area contributed by atoms with Gasteiger partial charge in [-0.15, -0.1) is 11.3 Å². The summed E-state index contributed by atoms with van der Waals surface area (Å²) >= 11 is 1.35. The number of aromatic nitrogens is 2. The number of methoxy groups -OCH3 is 2. The molecular weight excluding hydrogens is 278 g/mol. The second-order valence-electron chi connectivity index (χ2n) is 4.01. The number of aryl methyl sites for hydroxylation is 2. The van der Waals surface area contributed by atoms with Crippen LogP contribution >= 0.6 is 11.3 Å². The van der Waals surface area contributed by atoms with Gasteiger partial charge >= 0.3 is 0 Å². The van der Waals surface area contributed by atoms with E-state index in [1.807, 2.05) is 13.8 Å². The Kier molecular flexibility index (Phi) is 4.19. The first-order chi connectivity index (χ1) is 9.55. The number of hydrogen-bond donors (Lipinski definition) is 1. The van der Waals surface area contributed by atoms with E-state index in [-0.39, 0.29) is 5.91 Å². The van der Waals surface area contributed by atoms with E-state index in [1.54, 1.807) is 12.1 Å². The first-order valence-electron chi connectivity index (χ1n) is 5.89. The number of carbonyl (C=O) groups excluding carboxylic acids is 1. The highest BCUT2D eigenvalue weighted by molar-refractivity contribution is 7.13. The quantitative estimate of drug-likeness (QED) is 0.937. The Balaban J connectivity index is 2.25. The van der Waals surface area contributed by atoms with Gasteiger partial charge in [-0.25, -0.2) is 4.98 Å². The van der Waals surface area contributed by atoms with Gasteiger partial charge in [-0.05, 0) is 19.9 Å². The summed E-state index contributed by atoms with van der Waals surface area (Å²) in [4.78, 5) is 21.1. The highest BCUT2D eigenvalue weighted by Gasteiger charge is 2.16. The molecule has 0 aliphatic heterocycles. The van der Waals surface area contributed by atoms with Gasteiger partial charge in [0.05, 0.1) is 24.9 Å². The molecule has 0 aliphatic rings. The molecule has 0 fully saturated rings. The third-order valence-electron chi connectivity index (χ3n) is 2.60. The number of rotatable bonds is 4. The van der Waals surface area contributed by atoms with E-state index in [4.69, 9.17) is 9.47 Å². The smallest absolute Gasteiger partial charge is 0.267 e. The fourth-order valence-corrected chi connectivity index (χ4v) is 2.52. The summed E-state index contributed by atoms with van der Waals surface area (Å²) < 4.78 is 10.2. The fourth-order valence-electron chi connectivity index (χ4n) is 1.71. The number of carbonyl (C=O) groups is 1. The molecule has 6 nitrogen and oxygen atoms in total. The monoisotopic (exact) mass is 293 g/mol. The van der Waals surface area contributed by atoms with Crippen molar-refractivity contribution in [3.8, 4) is 11.8 Å². The average molecular weight is 293 g/mol. The van der Waals surface area contributed by atoms with E-state index in [2.05, 4.69) is 15.3 Å². The van der Waals surface area contributed by atoms with Crippen LogP contribution in [0.25, 0.3) is 0 Å². The molecule has 0 radical (unpaired) electrons. The average Bonchev–Trinajstić information content (AvgIpc) is 2.78. The number of thiazole rings is 1. The molecule has 0 saturated heterocycles. The van der Waals surface area contributed by atoms with Gasteiger partial charge in [-0.3, -0.25) is 4.79 Å². The van der Waals surface area contributed by atoms with E-state index in [0.29, 0.717) is 28.0 Å². The number of anilines is 1. The first-order valence-corrected chi connectivity index (χ1v) is 6.71. The molecule has 0 unspecified atom stereocenters. The van der Waals surface area contributed by atoms with Crippen LogP contribution in [0.3, 0.4) is 0 Å². The molecule has 20 heavy (non-hydrogen) atoms. The van der Waals surface area contributed by atoms with Crippen LogP contribution in [0.2, 0.25) is 0 Å². The summed E-state index contributed by atoms with van der Waals surface area (Å²) in [5.41, 5.74) is 1.20. The van der Waals surface area contributed by atoms with Crippen LogP contribution in [0.15, 0.2) is 12.1 Å². The van der Waals surface area contributed by atoms with Crippen molar-refractivity contribution in [2.75, 3.05) is 19.5 Å². The normalized spacial score (nSPS) is 10.2. The standard InChI is InChI=1S/C13H15N3O3S/c1-7-11(20-8(2)14-7)12(17)15-9-5-6-10(18-3)16-13(9)19-4/h5-6H,1-4H3,(H,15,17). The maximum Gasteiger partial charge on any atom is 0.267 e. The van der Waals surface area contributed by atoms with Gasteiger partial charge in [-0.2, -0.15) is 4.98 Å². The zero-order valence-corrected chi connectivity index (χ0v) is 12.5. The third-order valence-corrected chi connectivity index (χ3v) is 3.67. The van der Waals surface area contributed by atoms with Crippen molar-refractivity contribution in [1.82, 2.24) is 9.97 Å². The summed E-state index contributed by atoms with van der Waals surface area (Å²) in [6.07, 6.45) is 0. The van der Waals surface area contributed by atoms with Crippen molar-refractivity contribution in [1.29, 1.82) is 0 Å². The van der Waals surface area contributed by atoms with Crippen molar-refractivity contribution in [3.63, 3.8) is 0 Å². The Hall–Kier alpha value is -2.15. The number of nitrogens with zero attached hydrogens (tertiary/aromatic N) is 2. The van der Waals surface area contributed by atoms with E-state index < -0.39 is 0 Å². The SMILES string of the molecule is COc1ccc(NC(=O)c2sc(C)nc2C)c(OC)n1. The van der Waals surface area contributed by atoms with E-state index in [0.717, 1.165) is 5.01 Å². The topological polar surface area (TPSA) is 73.3 Å². The van der Waals surface area contributed by atoms with Gasteiger partial charge in [0.15, 0.2) is 0 Å². The van der Waals surface area contributed by atoms with Crippen LogP contribution in [-0.2, 0) is 0 Å². The molecular formula is C13H15N3O3S. The second-order valence-corrected chi connectivity index (χ2v) is 5.22. The van der Waals surface area contributed by atoms with Crippen molar-refractivity contribution in [2.24, 2.45) is 0 Å². The van der Waals surface area contributed by atoms with E-state index in [1.165, 1.54) is 25.6 Å². The Morgan fingerprint density at radius 1 is 1.20 bits per heavy atom. The number of amides is 1. The summed E-state index contributed by atoms with van der Waals surface area (Å²) in [5.74, 6) is 0.500. The molecule has 2 aromatic rings. The first kappa shape index (κ1) is 14.3. The lowest BCUT2D eigenvalue weighted by molar-refractivity contribution is 0.102. The number of nitrogens with one attached hydrogen (secondary N) is 1. The lowest BCUT2D eigenvalue weighted by Gasteiger charge is -2.09. The zero-order chi connectivity index (χ0) is 14.7. The minimum atomic E-state index is -0.224. The van der Waals surface area contributed by atoms with Crippen LogP contribution in [0, 0.1) is 13.8 Å². The summed E-state index contributed by atoms with van der Waals surface area (Å²) in [6.45, 7) is 3.67. The van der Waals surface area contributed by atoms with Gasteiger partial charge in [0.2, 0.25) is 11.8 Å². The Morgan fingerprint density at radius 2 is 1.95 bits per heavy atom. The van der Waals surface area contributed by atoms with Gasteiger partial charge in [0, 0.05) is 6.07 Å². The van der Waals surface area contributed by atoms with Crippen LogP contribution in [-0.4, -0.2) is 30.1 Å². The van der Waals surface area contributed by atoms with E-state index in [9.17, 15) is 4.79 Å². The Morgan fingerprint density at radius 3 is 2.50 bits per heavy atom. The number of pyridine rings is 1. The van der Waals surface area contributed by atoms with E-state index >= 15 is 0 Å². The Bertz CT molecular complexity index is 640. The van der Waals surface area contributed by atoms with Crippen molar-refractivity contribution in [3.05, 3.63) is 27.7 Å². The molecule has 1 N–H and O–H groups in total. The zero-order valence-electron chi connectivity index (χ0n) is 11.7. The van der Waals surface area contributed by atoms with Crippen LogP contribution in [0.4, 0.5) is 5.69 Å².